The molecule has 0 aromatic rings. The van der Waals surface area contributed by atoms with Gasteiger partial charge in [0.05, 0.1) is 0 Å². The quantitative estimate of drug-likeness (QED) is 0.493. The lowest BCUT2D eigenvalue weighted by molar-refractivity contribution is 1.05. The summed E-state index contributed by atoms with van der Waals surface area (Å²) in [4.78, 5) is 0. The van der Waals surface area contributed by atoms with E-state index in [9.17, 15) is 0 Å². The predicted molar refractivity (Wildman–Crippen MR) is 31.8 cm³/mol. The van der Waals surface area contributed by atoms with Crippen LogP contribution in [0.1, 0.15) is 19.8 Å². The molecule has 0 aromatic carbocycles. The highest BCUT2D eigenvalue weighted by molar-refractivity contribution is 5.01. The highest BCUT2D eigenvalue weighted by atomic mass is 14.2. The first-order chi connectivity index (χ1) is 3.43. The van der Waals surface area contributed by atoms with Gasteiger partial charge in [0.1, 0.15) is 0 Å². The molecule has 1 saturated carbocycles. The molecule has 0 bridgehead atoms. The van der Waals surface area contributed by atoms with Crippen LogP contribution in [0.2, 0.25) is 0 Å². The maximum absolute atomic E-state index is 2.28. The van der Waals surface area contributed by atoms with Crippen molar-refractivity contribution in [3.63, 3.8) is 0 Å². The molecule has 0 N–H and O–H groups in total. The molecule has 39 valence electrons. The Balaban J connectivity index is 1.98. The topological polar surface area (TPSA) is 0 Å². The van der Waals surface area contributed by atoms with Crippen LogP contribution < -0.4 is 0 Å². The fourth-order valence-corrected chi connectivity index (χ4v) is 0.557. The van der Waals surface area contributed by atoms with E-state index in [2.05, 4.69) is 25.5 Å². The molecule has 1 aliphatic carbocycles. The van der Waals surface area contributed by atoms with Gasteiger partial charge in [-0.2, -0.15) is 0 Å². The van der Waals surface area contributed by atoms with E-state index in [4.69, 9.17) is 0 Å². The summed E-state index contributed by atoms with van der Waals surface area (Å²) in [6.45, 7) is 2.05. The molecule has 0 unspecified atom stereocenters. The van der Waals surface area contributed by atoms with Crippen molar-refractivity contribution in [2.45, 2.75) is 19.8 Å². The summed E-state index contributed by atoms with van der Waals surface area (Å²) >= 11 is 0. The van der Waals surface area contributed by atoms with Gasteiger partial charge < -0.3 is 0 Å². The molecule has 1 aliphatic rings. The number of hydrogen-bond donors (Lipinski definition) is 0. The third-order valence-electron chi connectivity index (χ3n) is 1.20. The fourth-order valence-electron chi connectivity index (χ4n) is 0.557. The van der Waals surface area contributed by atoms with E-state index in [1.54, 1.807) is 0 Å². The zero-order valence-electron chi connectivity index (χ0n) is 4.72. The minimum absolute atomic E-state index is 0.941. The summed E-state index contributed by atoms with van der Waals surface area (Å²) in [6.07, 6.45) is 9.34. The van der Waals surface area contributed by atoms with Gasteiger partial charge in [0.25, 0.3) is 0 Å². The smallest absolute Gasteiger partial charge is 0.0140 e. The van der Waals surface area contributed by atoms with E-state index in [-0.39, 0.29) is 0 Å². The lowest BCUT2D eigenvalue weighted by atomic mass is 10.3. The molecule has 0 saturated heterocycles. The standard InChI is InChI=1S/C7H11/c1-2-3-4-7-5-6-7/h2-4,7H,5-6H2,1H3. The largest absolute Gasteiger partial charge is 0.0914 e. The summed E-state index contributed by atoms with van der Waals surface area (Å²) < 4.78 is 0. The Morgan fingerprint density at radius 3 is 2.57 bits per heavy atom. The first-order valence-electron chi connectivity index (χ1n) is 2.89. The Bertz CT molecular complexity index is 68.1. The average molecular weight is 95.2 g/mol. The van der Waals surface area contributed by atoms with Crippen molar-refractivity contribution in [2.24, 2.45) is 5.92 Å². The first-order valence-corrected chi connectivity index (χ1v) is 2.89. The summed E-state index contributed by atoms with van der Waals surface area (Å²) in [6, 6.07) is 0. The molecule has 1 radical (unpaired) electrons. The van der Waals surface area contributed by atoms with Crippen molar-refractivity contribution in [3.8, 4) is 0 Å². The van der Waals surface area contributed by atoms with Gasteiger partial charge in [-0.05, 0) is 32.1 Å². The van der Waals surface area contributed by atoms with E-state index in [1.807, 2.05) is 0 Å². The SMILES string of the molecule is CC=C[CH]C1CC1. The van der Waals surface area contributed by atoms with Crippen molar-refractivity contribution in [3.05, 3.63) is 18.6 Å². The minimum Gasteiger partial charge on any atom is -0.0914 e. The van der Waals surface area contributed by atoms with E-state index in [0.29, 0.717) is 0 Å². The van der Waals surface area contributed by atoms with Crippen molar-refractivity contribution in [2.75, 3.05) is 0 Å². The van der Waals surface area contributed by atoms with Crippen molar-refractivity contribution in [1.29, 1.82) is 0 Å². The Kier molecular flexibility index (Phi) is 1.50. The molecule has 0 aromatic heterocycles. The normalized spacial score (nSPS) is 21.3. The number of hydrogen-bond acceptors (Lipinski definition) is 0. The second kappa shape index (κ2) is 2.15. The molecule has 7 heavy (non-hydrogen) atoms. The summed E-state index contributed by atoms with van der Waals surface area (Å²) in [5.74, 6) is 0.941. The fraction of sp³-hybridized carbons (Fsp3) is 0.571. The van der Waals surface area contributed by atoms with Crippen LogP contribution >= 0.6 is 0 Å². The molecule has 0 aliphatic heterocycles. The van der Waals surface area contributed by atoms with Crippen LogP contribution in [-0.2, 0) is 0 Å². The molecule has 0 heterocycles. The van der Waals surface area contributed by atoms with Crippen molar-refractivity contribution in [1.82, 2.24) is 0 Å². The van der Waals surface area contributed by atoms with Crippen LogP contribution in [0.5, 0.6) is 0 Å². The van der Waals surface area contributed by atoms with Gasteiger partial charge in [0.2, 0.25) is 0 Å². The lowest BCUT2D eigenvalue weighted by Gasteiger charge is -1.79. The van der Waals surface area contributed by atoms with Gasteiger partial charge in [0, 0.05) is 0 Å². The summed E-state index contributed by atoms with van der Waals surface area (Å²) in [5, 5.41) is 0. The lowest BCUT2D eigenvalue weighted by Crippen LogP contribution is -1.67. The third kappa shape index (κ3) is 1.77. The first kappa shape index (κ1) is 4.89. The van der Waals surface area contributed by atoms with E-state index in [0.717, 1.165) is 5.92 Å². The third-order valence-corrected chi connectivity index (χ3v) is 1.20. The van der Waals surface area contributed by atoms with Gasteiger partial charge >= 0.3 is 0 Å². The summed E-state index contributed by atoms with van der Waals surface area (Å²) in [5.41, 5.74) is 0. The van der Waals surface area contributed by atoms with Crippen LogP contribution in [0.3, 0.4) is 0 Å². The molecule has 0 amide bonds. The number of allylic oxidation sites excluding steroid dienone is 2. The highest BCUT2D eigenvalue weighted by Crippen LogP contribution is 2.31. The molecule has 0 atom stereocenters. The minimum atomic E-state index is 0.941. The van der Waals surface area contributed by atoms with Crippen LogP contribution in [0.4, 0.5) is 0 Å². The van der Waals surface area contributed by atoms with Crippen LogP contribution in [-0.4, -0.2) is 0 Å². The van der Waals surface area contributed by atoms with Gasteiger partial charge in [-0.3, -0.25) is 0 Å². The molecular formula is C7H11. The second-order valence-electron chi connectivity index (χ2n) is 2.06. The van der Waals surface area contributed by atoms with Gasteiger partial charge in [-0.1, -0.05) is 12.2 Å². The van der Waals surface area contributed by atoms with Crippen LogP contribution in [0.25, 0.3) is 0 Å². The molecule has 1 fully saturated rings. The van der Waals surface area contributed by atoms with Crippen molar-refractivity contribution >= 4 is 0 Å². The molecule has 1 rings (SSSR count). The van der Waals surface area contributed by atoms with E-state index >= 15 is 0 Å². The average Bonchev–Trinajstić information content (AvgIpc) is 2.42. The molecule has 0 nitrogen and oxygen atoms in total. The van der Waals surface area contributed by atoms with Crippen molar-refractivity contribution < 1.29 is 0 Å². The molecule has 0 heteroatoms. The Morgan fingerprint density at radius 2 is 2.14 bits per heavy atom. The summed E-state index contributed by atoms with van der Waals surface area (Å²) in [7, 11) is 0. The van der Waals surface area contributed by atoms with Gasteiger partial charge in [0.15, 0.2) is 0 Å². The highest BCUT2D eigenvalue weighted by Gasteiger charge is 2.18. The van der Waals surface area contributed by atoms with E-state index < -0.39 is 0 Å². The van der Waals surface area contributed by atoms with E-state index in [1.165, 1.54) is 12.8 Å². The van der Waals surface area contributed by atoms with Gasteiger partial charge in [-0.15, -0.1) is 0 Å². The zero-order chi connectivity index (χ0) is 5.11. The maximum atomic E-state index is 2.28. The Labute approximate surface area is 45.2 Å². The van der Waals surface area contributed by atoms with Crippen LogP contribution in [0.15, 0.2) is 12.2 Å². The predicted octanol–water partition coefficient (Wildman–Crippen LogP) is 2.18. The number of rotatable bonds is 2. The monoisotopic (exact) mass is 95.1 g/mol. The Hall–Kier alpha value is -0.260. The second-order valence-corrected chi connectivity index (χ2v) is 2.06. The van der Waals surface area contributed by atoms with Crippen LogP contribution in [0, 0.1) is 12.3 Å². The zero-order valence-corrected chi connectivity index (χ0v) is 4.72. The maximum Gasteiger partial charge on any atom is -0.0140 e. The molecular weight excluding hydrogens is 84.1 g/mol. The molecule has 0 spiro atoms. The Morgan fingerprint density at radius 1 is 1.43 bits per heavy atom. The van der Waals surface area contributed by atoms with Gasteiger partial charge in [-0.25, -0.2) is 0 Å².